The third-order valence-corrected chi connectivity index (χ3v) is 2.56. The van der Waals surface area contributed by atoms with Crippen LogP contribution in [0.3, 0.4) is 0 Å². The third kappa shape index (κ3) is 6.25. The highest BCUT2D eigenvalue weighted by Gasteiger charge is 2.31. The zero-order valence-electron chi connectivity index (χ0n) is 11.7. The van der Waals surface area contributed by atoms with E-state index in [0.29, 0.717) is 6.42 Å². The molecule has 0 N–H and O–H groups in total. The van der Waals surface area contributed by atoms with Gasteiger partial charge in [-0.05, 0) is 33.6 Å². The van der Waals surface area contributed by atoms with Gasteiger partial charge in [0.1, 0.15) is 11.0 Å². The maximum absolute atomic E-state index is 11.6. The number of rotatable bonds is 6. The Kier molecular flexibility index (Phi) is 6.41. The van der Waals surface area contributed by atoms with Crippen LogP contribution in [0.5, 0.6) is 0 Å². The quantitative estimate of drug-likeness (QED) is 0.678. The molecule has 0 aliphatic rings. The molecule has 0 aromatic carbocycles. The molecule has 18 heavy (non-hydrogen) atoms. The topological polar surface area (TPSA) is 73.9 Å². The summed E-state index contributed by atoms with van der Waals surface area (Å²) < 4.78 is 5.17. The van der Waals surface area contributed by atoms with Crippen molar-refractivity contribution in [1.29, 1.82) is 10.5 Å². The lowest BCUT2D eigenvalue weighted by molar-refractivity contribution is -0.155. The molecule has 0 bridgehead atoms. The lowest BCUT2D eigenvalue weighted by Gasteiger charge is -2.21. The van der Waals surface area contributed by atoms with Gasteiger partial charge in [0.2, 0.25) is 0 Å². The Balaban J connectivity index is 4.42. The number of unbranched alkanes of at least 4 members (excludes halogenated alkanes) is 1. The first-order valence-electron chi connectivity index (χ1n) is 6.33. The number of carbonyl (C=O) groups is 1. The Bertz CT molecular complexity index is 341. The van der Waals surface area contributed by atoms with Gasteiger partial charge in [0.25, 0.3) is 0 Å². The molecule has 0 unspecified atom stereocenters. The molecule has 0 aliphatic heterocycles. The number of nitrogens with zero attached hydrogens (tertiary/aromatic N) is 2. The van der Waals surface area contributed by atoms with Crippen LogP contribution in [0.2, 0.25) is 0 Å². The van der Waals surface area contributed by atoms with Gasteiger partial charge in [-0.2, -0.15) is 10.5 Å². The lowest BCUT2D eigenvalue weighted by Crippen LogP contribution is -2.25. The van der Waals surface area contributed by atoms with Crippen LogP contribution in [0.1, 0.15) is 59.8 Å². The first-order chi connectivity index (χ1) is 8.28. The van der Waals surface area contributed by atoms with Crippen LogP contribution >= 0.6 is 0 Å². The highest BCUT2D eigenvalue weighted by atomic mass is 16.6. The number of hydrogen-bond donors (Lipinski definition) is 0. The second-order valence-electron chi connectivity index (χ2n) is 5.50. The Morgan fingerprint density at radius 1 is 1.17 bits per heavy atom. The van der Waals surface area contributed by atoms with Gasteiger partial charge in [-0.3, -0.25) is 4.79 Å². The van der Waals surface area contributed by atoms with Crippen molar-refractivity contribution in [3.63, 3.8) is 0 Å². The summed E-state index contributed by atoms with van der Waals surface area (Å²) in [5, 5.41) is 18.2. The molecule has 0 aliphatic carbocycles. The first kappa shape index (κ1) is 16.4. The normalized spacial score (nSPS) is 11.4. The largest absolute Gasteiger partial charge is 0.460 e. The first-order valence-corrected chi connectivity index (χ1v) is 6.33. The van der Waals surface area contributed by atoms with Gasteiger partial charge in [-0.15, -0.1) is 0 Å². The molecule has 0 saturated heterocycles. The minimum atomic E-state index is -1.05. The maximum Gasteiger partial charge on any atom is 0.306 e. The van der Waals surface area contributed by atoms with E-state index in [1.807, 2.05) is 19.1 Å². The van der Waals surface area contributed by atoms with E-state index >= 15 is 0 Å². The van der Waals surface area contributed by atoms with E-state index in [2.05, 4.69) is 0 Å². The maximum atomic E-state index is 11.6. The van der Waals surface area contributed by atoms with Crippen molar-refractivity contribution in [1.82, 2.24) is 0 Å². The molecule has 100 valence electrons. The third-order valence-electron chi connectivity index (χ3n) is 2.56. The molecule has 0 amide bonds. The Labute approximate surface area is 110 Å². The second-order valence-corrected chi connectivity index (χ2v) is 5.50. The average Bonchev–Trinajstić information content (AvgIpc) is 2.28. The van der Waals surface area contributed by atoms with Crippen LogP contribution in [0.25, 0.3) is 0 Å². The van der Waals surface area contributed by atoms with E-state index in [4.69, 9.17) is 15.3 Å². The van der Waals surface area contributed by atoms with Crippen molar-refractivity contribution in [2.24, 2.45) is 5.41 Å². The van der Waals surface area contributed by atoms with Crippen LogP contribution in [0, 0.1) is 28.1 Å². The molecule has 0 saturated carbocycles. The fourth-order valence-electron chi connectivity index (χ4n) is 1.56. The van der Waals surface area contributed by atoms with Gasteiger partial charge in [-0.1, -0.05) is 19.8 Å². The summed E-state index contributed by atoms with van der Waals surface area (Å²) in [4.78, 5) is 11.6. The predicted molar refractivity (Wildman–Crippen MR) is 68.3 cm³/mol. The molecule has 0 aromatic rings. The van der Waals surface area contributed by atoms with Crippen molar-refractivity contribution in [2.75, 3.05) is 0 Å². The van der Waals surface area contributed by atoms with Crippen molar-refractivity contribution < 1.29 is 9.53 Å². The molecular formula is C14H22N2O2. The summed E-state index contributed by atoms with van der Waals surface area (Å²) in [7, 11) is 0. The Morgan fingerprint density at radius 2 is 1.72 bits per heavy atom. The molecule has 0 radical (unpaired) electrons. The number of carbonyl (C=O) groups excluding carboxylic acids is 1. The molecule has 0 rings (SSSR count). The number of nitriles is 2. The summed E-state index contributed by atoms with van der Waals surface area (Å²) in [5.41, 5.74) is -1.57. The van der Waals surface area contributed by atoms with Crippen molar-refractivity contribution >= 4 is 5.97 Å². The molecule has 0 spiro atoms. The molecule has 4 heteroatoms. The van der Waals surface area contributed by atoms with Crippen molar-refractivity contribution in [2.45, 2.75) is 65.4 Å². The van der Waals surface area contributed by atoms with E-state index in [9.17, 15) is 4.79 Å². The fraction of sp³-hybridized carbons (Fsp3) is 0.786. The standard InChI is InChI=1S/C14H22N2O2/c1-5-6-8-14(10-15,11-16)9-7-12(17)18-13(2,3)4/h5-9H2,1-4H3. The summed E-state index contributed by atoms with van der Waals surface area (Å²) in [6.45, 7) is 7.39. The van der Waals surface area contributed by atoms with Gasteiger partial charge in [0, 0.05) is 6.42 Å². The van der Waals surface area contributed by atoms with E-state index in [-0.39, 0.29) is 18.8 Å². The van der Waals surface area contributed by atoms with Gasteiger partial charge >= 0.3 is 5.97 Å². The van der Waals surface area contributed by atoms with Crippen LogP contribution in [-0.2, 0) is 9.53 Å². The van der Waals surface area contributed by atoms with Crippen molar-refractivity contribution in [3.05, 3.63) is 0 Å². The molecular weight excluding hydrogens is 228 g/mol. The van der Waals surface area contributed by atoms with Gasteiger partial charge < -0.3 is 4.74 Å². The molecule has 0 heterocycles. The molecule has 4 nitrogen and oxygen atoms in total. The smallest absolute Gasteiger partial charge is 0.306 e. The summed E-state index contributed by atoms with van der Waals surface area (Å²) in [6.07, 6.45) is 2.61. The predicted octanol–water partition coefficient (Wildman–Crippen LogP) is 3.33. The summed E-state index contributed by atoms with van der Waals surface area (Å²) in [5.74, 6) is -0.353. The Hall–Kier alpha value is -1.55. The van der Waals surface area contributed by atoms with Crippen LogP contribution in [-0.4, -0.2) is 11.6 Å². The second kappa shape index (κ2) is 7.01. The van der Waals surface area contributed by atoms with E-state index < -0.39 is 11.0 Å². The Morgan fingerprint density at radius 3 is 2.11 bits per heavy atom. The average molecular weight is 250 g/mol. The van der Waals surface area contributed by atoms with Gasteiger partial charge in [0.05, 0.1) is 12.1 Å². The van der Waals surface area contributed by atoms with Gasteiger partial charge in [0.15, 0.2) is 0 Å². The number of ether oxygens (including phenoxy) is 1. The minimum Gasteiger partial charge on any atom is -0.460 e. The zero-order valence-corrected chi connectivity index (χ0v) is 11.7. The monoisotopic (exact) mass is 250 g/mol. The fourth-order valence-corrected chi connectivity index (χ4v) is 1.56. The zero-order chi connectivity index (χ0) is 14.2. The molecule has 0 fully saturated rings. The summed E-state index contributed by atoms with van der Waals surface area (Å²) >= 11 is 0. The lowest BCUT2D eigenvalue weighted by atomic mass is 9.81. The summed E-state index contributed by atoms with van der Waals surface area (Å²) in [6, 6.07) is 4.10. The van der Waals surface area contributed by atoms with Crippen molar-refractivity contribution in [3.8, 4) is 12.1 Å². The number of esters is 1. The van der Waals surface area contributed by atoms with E-state index in [0.717, 1.165) is 12.8 Å². The molecule has 0 atom stereocenters. The number of hydrogen-bond acceptors (Lipinski definition) is 4. The SMILES string of the molecule is CCCCC(C#N)(C#N)CCC(=O)OC(C)(C)C. The minimum absolute atomic E-state index is 0.113. The van der Waals surface area contributed by atoms with Crippen LogP contribution in [0.4, 0.5) is 0 Å². The highest BCUT2D eigenvalue weighted by Crippen LogP contribution is 2.29. The van der Waals surface area contributed by atoms with Crippen LogP contribution in [0.15, 0.2) is 0 Å². The van der Waals surface area contributed by atoms with Gasteiger partial charge in [-0.25, -0.2) is 0 Å². The molecule has 0 aromatic heterocycles. The highest BCUT2D eigenvalue weighted by molar-refractivity contribution is 5.70. The van der Waals surface area contributed by atoms with E-state index in [1.54, 1.807) is 20.8 Å². The van der Waals surface area contributed by atoms with Crippen LogP contribution < -0.4 is 0 Å². The van der Waals surface area contributed by atoms with E-state index in [1.165, 1.54) is 0 Å².